The van der Waals surface area contributed by atoms with Crippen molar-refractivity contribution in [3.05, 3.63) is 0 Å². The van der Waals surface area contributed by atoms with Gasteiger partial charge < -0.3 is 5.32 Å². The van der Waals surface area contributed by atoms with E-state index >= 15 is 0 Å². The highest BCUT2D eigenvalue weighted by molar-refractivity contribution is 5.77. The quantitative estimate of drug-likeness (QED) is 0.713. The summed E-state index contributed by atoms with van der Waals surface area (Å²) in [6.45, 7) is 7.58. The molecule has 1 saturated heterocycles. The lowest BCUT2D eigenvalue weighted by Crippen LogP contribution is -2.60. The zero-order valence-corrected chi connectivity index (χ0v) is 14.0. The zero-order chi connectivity index (χ0) is 14.8. The largest absolute Gasteiger partial charge is 0.353 e. The first-order valence-electron chi connectivity index (χ1n) is 9.24. The monoisotopic (exact) mass is 289 g/mol. The van der Waals surface area contributed by atoms with E-state index in [0.717, 1.165) is 36.5 Å². The second-order valence-electron chi connectivity index (χ2n) is 9.10. The second-order valence-corrected chi connectivity index (χ2v) is 9.10. The highest BCUT2D eigenvalue weighted by Crippen LogP contribution is 2.65. The molecule has 0 bridgehead atoms. The summed E-state index contributed by atoms with van der Waals surface area (Å²) in [5, 5.41) is 3.33. The van der Waals surface area contributed by atoms with Gasteiger partial charge in [0.05, 0.1) is 0 Å². The molecule has 4 unspecified atom stereocenters. The molecule has 0 radical (unpaired) electrons. The fourth-order valence-electron chi connectivity index (χ4n) is 6.96. The average molecular weight is 289 g/mol. The Bertz CT molecular complexity index is 460. The number of hydrogen-bond acceptors (Lipinski definition) is 1. The molecular weight excluding hydrogens is 258 g/mol. The number of rotatable bonds is 0. The van der Waals surface area contributed by atoms with E-state index in [0.29, 0.717) is 22.8 Å². The summed E-state index contributed by atoms with van der Waals surface area (Å²) in [4.78, 5) is 11.8. The molecule has 21 heavy (non-hydrogen) atoms. The number of hydrogen-bond donors (Lipinski definition) is 1. The minimum absolute atomic E-state index is 0.297. The van der Waals surface area contributed by atoms with Crippen LogP contribution >= 0.6 is 0 Å². The first kappa shape index (κ1) is 14.1. The maximum Gasteiger partial charge on any atom is 0.220 e. The van der Waals surface area contributed by atoms with E-state index in [-0.39, 0.29) is 0 Å². The molecule has 1 N–H and O–H groups in total. The summed E-state index contributed by atoms with van der Waals surface area (Å²) >= 11 is 0. The molecular formula is C19H31NO. The van der Waals surface area contributed by atoms with Gasteiger partial charge in [0, 0.05) is 12.5 Å². The van der Waals surface area contributed by atoms with E-state index in [2.05, 4.69) is 26.1 Å². The number of nitrogens with one attached hydrogen (secondary N) is 1. The lowest BCUT2D eigenvalue weighted by atomic mass is 9.47. The highest BCUT2D eigenvalue weighted by atomic mass is 16.1. The average Bonchev–Trinajstić information content (AvgIpc) is 2.76. The molecule has 4 aliphatic rings. The Labute approximate surface area is 129 Å². The Morgan fingerprint density at radius 2 is 1.71 bits per heavy atom. The van der Waals surface area contributed by atoms with Crippen molar-refractivity contribution in [1.82, 2.24) is 5.32 Å². The summed E-state index contributed by atoms with van der Waals surface area (Å²) in [6.07, 6.45) is 10.2. The normalized spacial score (nSPS) is 56.1. The van der Waals surface area contributed by atoms with Gasteiger partial charge in [-0.25, -0.2) is 0 Å². The summed E-state index contributed by atoms with van der Waals surface area (Å²) in [7, 11) is 0. The van der Waals surface area contributed by atoms with Gasteiger partial charge in [-0.3, -0.25) is 4.79 Å². The van der Waals surface area contributed by atoms with Crippen molar-refractivity contribution < 1.29 is 4.79 Å². The molecule has 7 atom stereocenters. The fraction of sp³-hybridized carbons (Fsp3) is 0.947. The molecule has 0 aromatic rings. The van der Waals surface area contributed by atoms with Crippen LogP contribution in [0, 0.1) is 34.5 Å². The maximum atomic E-state index is 11.8. The Morgan fingerprint density at radius 3 is 2.52 bits per heavy atom. The molecule has 118 valence electrons. The molecule has 2 heteroatoms. The van der Waals surface area contributed by atoms with Crippen LogP contribution in [0.15, 0.2) is 0 Å². The molecule has 4 rings (SSSR count). The van der Waals surface area contributed by atoms with Gasteiger partial charge in [0.1, 0.15) is 0 Å². The van der Waals surface area contributed by atoms with E-state index in [1.54, 1.807) is 0 Å². The van der Waals surface area contributed by atoms with Crippen LogP contribution < -0.4 is 5.32 Å². The third-order valence-electron chi connectivity index (χ3n) is 8.57. The van der Waals surface area contributed by atoms with Crippen molar-refractivity contribution in [2.75, 3.05) is 0 Å². The van der Waals surface area contributed by atoms with E-state index in [9.17, 15) is 4.79 Å². The SMILES string of the molecule is C[C@H]1CC[C@H]2C3CCC4NC(=O)CCC4(C)[C@H]3CCC12C. The van der Waals surface area contributed by atoms with Gasteiger partial charge in [-0.1, -0.05) is 20.8 Å². The van der Waals surface area contributed by atoms with E-state index in [1.807, 2.05) is 0 Å². The van der Waals surface area contributed by atoms with Crippen LogP contribution in [0.2, 0.25) is 0 Å². The van der Waals surface area contributed by atoms with Crippen LogP contribution in [0.5, 0.6) is 0 Å². The molecule has 3 saturated carbocycles. The van der Waals surface area contributed by atoms with Gasteiger partial charge in [0.25, 0.3) is 0 Å². The number of carbonyl (C=O) groups is 1. The van der Waals surface area contributed by atoms with Gasteiger partial charge in [0.2, 0.25) is 5.91 Å². The third-order valence-corrected chi connectivity index (χ3v) is 8.57. The second kappa shape index (κ2) is 4.49. The van der Waals surface area contributed by atoms with Gasteiger partial charge in [-0.05, 0) is 79.4 Å². The van der Waals surface area contributed by atoms with Crippen molar-refractivity contribution >= 4 is 5.91 Å². The van der Waals surface area contributed by atoms with Crippen molar-refractivity contribution in [3.63, 3.8) is 0 Å². The molecule has 1 amide bonds. The predicted molar refractivity (Wildman–Crippen MR) is 84.7 cm³/mol. The number of amides is 1. The van der Waals surface area contributed by atoms with Crippen LogP contribution in [0.3, 0.4) is 0 Å². The maximum absolute atomic E-state index is 11.8. The predicted octanol–water partition coefficient (Wildman–Crippen LogP) is 4.14. The lowest BCUT2D eigenvalue weighted by Gasteiger charge is -2.60. The van der Waals surface area contributed by atoms with Crippen molar-refractivity contribution in [2.24, 2.45) is 34.5 Å². The minimum atomic E-state index is 0.297. The molecule has 0 aromatic carbocycles. The van der Waals surface area contributed by atoms with E-state index in [1.165, 1.54) is 38.5 Å². The van der Waals surface area contributed by atoms with Gasteiger partial charge in [-0.15, -0.1) is 0 Å². The minimum Gasteiger partial charge on any atom is -0.353 e. The van der Waals surface area contributed by atoms with Crippen LogP contribution in [0.25, 0.3) is 0 Å². The van der Waals surface area contributed by atoms with Gasteiger partial charge >= 0.3 is 0 Å². The summed E-state index contributed by atoms with van der Waals surface area (Å²) in [5.74, 6) is 3.97. The Hall–Kier alpha value is -0.530. The van der Waals surface area contributed by atoms with Crippen LogP contribution in [0.1, 0.15) is 72.1 Å². The van der Waals surface area contributed by atoms with Gasteiger partial charge in [-0.2, -0.15) is 0 Å². The molecule has 4 fully saturated rings. The topological polar surface area (TPSA) is 29.1 Å². The molecule has 3 aliphatic carbocycles. The van der Waals surface area contributed by atoms with Gasteiger partial charge in [0.15, 0.2) is 0 Å². The standard InChI is InChI=1S/C19H31NO/c1-12-4-6-14-13-5-7-16-19(3,11-9-17(21)20-16)15(13)8-10-18(12,14)2/h12-16H,4-11H2,1-3H3,(H,20,21)/t12-,13?,14-,15-,16?,18?,19?/m0/s1. The lowest BCUT2D eigenvalue weighted by molar-refractivity contribution is -0.136. The molecule has 0 aromatic heterocycles. The fourth-order valence-corrected chi connectivity index (χ4v) is 6.96. The highest BCUT2D eigenvalue weighted by Gasteiger charge is 2.59. The van der Waals surface area contributed by atoms with Crippen molar-refractivity contribution in [1.29, 1.82) is 0 Å². The molecule has 1 aliphatic heterocycles. The van der Waals surface area contributed by atoms with Crippen molar-refractivity contribution in [3.8, 4) is 0 Å². The Balaban J connectivity index is 1.64. The van der Waals surface area contributed by atoms with Crippen LogP contribution in [-0.4, -0.2) is 11.9 Å². The van der Waals surface area contributed by atoms with Crippen LogP contribution in [0.4, 0.5) is 0 Å². The summed E-state index contributed by atoms with van der Waals surface area (Å²) < 4.78 is 0. The number of fused-ring (bicyclic) bond motifs is 5. The van der Waals surface area contributed by atoms with E-state index in [4.69, 9.17) is 0 Å². The van der Waals surface area contributed by atoms with Crippen molar-refractivity contribution in [2.45, 2.75) is 78.2 Å². The smallest absolute Gasteiger partial charge is 0.220 e. The number of piperidine rings is 1. The summed E-state index contributed by atoms with van der Waals surface area (Å²) in [5.41, 5.74) is 0.992. The zero-order valence-electron chi connectivity index (χ0n) is 14.0. The Kier molecular flexibility index (Phi) is 3.01. The Morgan fingerprint density at radius 1 is 0.952 bits per heavy atom. The molecule has 1 heterocycles. The third kappa shape index (κ3) is 1.80. The molecule has 2 nitrogen and oxygen atoms in total. The summed E-state index contributed by atoms with van der Waals surface area (Å²) in [6, 6.07) is 0.461. The first-order valence-corrected chi connectivity index (χ1v) is 9.24. The molecule has 0 spiro atoms. The van der Waals surface area contributed by atoms with E-state index < -0.39 is 0 Å². The first-order chi connectivity index (χ1) is 9.95. The number of carbonyl (C=O) groups excluding carboxylic acids is 1. The van der Waals surface area contributed by atoms with Crippen LogP contribution in [-0.2, 0) is 4.79 Å².